The van der Waals surface area contributed by atoms with Gasteiger partial charge in [0.25, 0.3) is 5.88 Å². The Morgan fingerprint density at radius 3 is 2.58 bits per heavy atom. The molecule has 24 heavy (non-hydrogen) atoms. The molecule has 2 aromatic rings. The maximum Gasteiger partial charge on any atom is 0.308 e. The zero-order valence-corrected chi connectivity index (χ0v) is 14.9. The number of rotatable bonds is 5. The van der Waals surface area contributed by atoms with Crippen molar-refractivity contribution in [3.05, 3.63) is 28.2 Å². The lowest BCUT2D eigenvalue weighted by atomic mass is 10.1. The predicted molar refractivity (Wildman–Crippen MR) is 90.2 cm³/mol. The van der Waals surface area contributed by atoms with Gasteiger partial charge in [-0.3, -0.25) is 4.79 Å². The van der Waals surface area contributed by atoms with E-state index in [-0.39, 0.29) is 22.1 Å². The van der Waals surface area contributed by atoms with E-state index in [2.05, 4.69) is 4.72 Å². The van der Waals surface area contributed by atoms with E-state index in [0.29, 0.717) is 5.02 Å². The van der Waals surface area contributed by atoms with Gasteiger partial charge in [0.15, 0.2) is 5.76 Å². The highest BCUT2D eigenvalue weighted by Crippen LogP contribution is 2.48. The molecule has 0 atom stereocenters. The zero-order chi connectivity index (χ0) is 18.1. The molecule has 0 spiro atoms. The molecule has 0 aliphatic rings. The Kier molecular flexibility index (Phi) is 5.32. The first kappa shape index (κ1) is 18.4. The summed E-state index contributed by atoms with van der Waals surface area (Å²) in [6, 6.07) is 4.40. The van der Waals surface area contributed by atoms with Crippen LogP contribution in [0, 0.1) is 0 Å². The second kappa shape index (κ2) is 6.92. The molecule has 0 saturated heterocycles. The topological polar surface area (TPSA) is 106 Å². The van der Waals surface area contributed by atoms with Gasteiger partial charge in [0, 0.05) is 17.5 Å². The van der Waals surface area contributed by atoms with Crippen LogP contribution in [0.2, 0.25) is 10.0 Å². The van der Waals surface area contributed by atoms with Gasteiger partial charge in [-0.25, -0.2) is 13.1 Å². The Morgan fingerprint density at radius 1 is 1.38 bits per heavy atom. The lowest BCUT2D eigenvalue weighted by Crippen LogP contribution is -2.15. The van der Waals surface area contributed by atoms with Crippen LogP contribution < -0.4 is 9.46 Å². The van der Waals surface area contributed by atoms with E-state index in [9.17, 15) is 18.3 Å². The van der Waals surface area contributed by atoms with Crippen LogP contribution in [0.15, 0.2) is 22.6 Å². The molecule has 1 aromatic heterocycles. The number of nitrogens with one attached hydrogen (secondary N) is 1. The summed E-state index contributed by atoms with van der Waals surface area (Å²) in [5, 5.41) is 10.8. The summed E-state index contributed by atoms with van der Waals surface area (Å²) in [7, 11) is -3.73. The predicted octanol–water partition coefficient (Wildman–Crippen LogP) is 3.65. The second-order valence-corrected chi connectivity index (χ2v) is 7.52. The average Bonchev–Trinajstić information content (AvgIpc) is 2.75. The molecular weight excluding hydrogens is 381 g/mol. The van der Waals surface area contributed by atoms with E-state index in [0.717, 1.165) is 6.92 Å². The van der Waals surface area contributed by atoms with Crippen LogP contribution in [0.25, 0.3) is 11.3 Å². The molecule has 0 unspecified atom stereocenters. The molecule has 1 aromatic carbocycles. The van der Waals surface area contributed by atoms with Gasteiger partial charge in [-0.05, 0) is 25.1 Å². The average molecular weight is 394 g/mol. The minimum absolute atomic E-state index is 0.158. The molecular formula is C14H13Cl2NO6S. The van der Waals surface area contributed by atoms with Crippen LogP contribution in [0.1, 0.15) is 13.8 Å². The first-order valence-electron chi connectivity index (χ1n) is 6.64. The van der Waals surface area contributed by atoms with Crippen LogP contribution in [0.4, 0.5) is 5.88 Å². The number of benzene rings is 1. The van der Waals surface area contributed by atoms with Crippen LogP contribution in [-0.4, -0.2) is 25.2 Å². The molecule has 0 fully saturated rings. The quantitative estimate of drug-likeness (QED) is 0.750. The Morgan fingerprint density at radius 2 is 2.04 bits per heavy atom. The third-order valence-electron chi connectivity index (χ3n) is 2.89. The van der Waals surface area contributed by atoms with Crippen LogP contribution in [0.5, 0.6) is 11.5 Å². The van der Waals surface area contributed by atoms with E-state index >= 15 is 0 Å². The van der Waals surface area contributed by atoms with Gasteiger partial charge in [-0.1, -0.05) is 23.2 Å². The standard InChI is InChI=1S/C14H13Cl2NO6S/c1-3-24(20,21)17-14-13(22-7(2)18)11(19)12(23-14)9-5-4-8(15)6-10(9)16/h4-6,17,19H,3H2,1-2H3. The highest BCUT2D eigenvalue weighted by atomic mass is 35.5. The molecule has 0 saturated carbocycles. The fourth-order valence-electron chi connectivity index (χ4n) is 1.78. The maximum absolute atomic E-state index is 11.7. The molecule has 0 bridgehead atoms. The summed E-state index contributed by atoms with van der Waals surface area (Å²) in [6.45, 7) is 2.51. The molecule has 0 aliphatic heterocycles. The zero-order valence-electron chi connectivity index (χ0n) is 12.6. The van der Waals surface area contributed by atoms with Crippen molar-refractivity contribution in [3.8, 4) is 22.8 Å². The fraction of sp³-hybridized carbons (Fsp3) is 0.214. The number of esters is 1. The fourth-order valence-corrected chi connectivity index (χ4v) is 2.84. The number of hydrogen-bond donors (Lipinski definition) is 2. The third-order valence-corrected chi connectivity index (χ3v) is 4.69. The van der Waals surface area contributed by atoms with E-state index in [1.165, 1.54) is 25.1 Å². The lowest BCUT2D eigenvalue weighted by Gasteiger charge is -2.04. The van der Waals surface area contributed by atoms with Gasteiger partial charge in [0.05, 0.1) is 10.8 Å². The summed E-state index contributed by atoms with van der Waals surface area (Å²) >= 11 is 11.9. The minimum atomic E-state index is -3.73. The summed E-state index contributed by atoms with van der Waals surface area (Å²) in [4.78, 5) is 11.2. The molecule has 10 heteroatoms. The Hall–Kier alpha value is -1.90. The first-order chi connectivity index (χ1) is 11.1. The molecule has 2 rings (SSSR count). The van der Waals surface area contributed by atoms with Crippen molar-refractivity contribution >= 4 is 45.1 Å². The van der Waals surface area contributed by atoms with E-state index in [1.807, 2.05) is 0 Å². The number of halogens is 2. The molecule has 7 nitrogen and oxygen atoms in total. The highest BCUT2D eigenvalue weighted by molar-refractivity contribution is 7.92. The van der Waals surface area contributed by atoms with Crippen LogP contribution in [0.3, 0.4) is 0 Å². The van der Waals surface area contributed by atoms with Crippen molar-refractivity contribution < 1.29 is 27.5 Å². The van der Waals surface area contributed by atoms with Crippen molar-refractivity contribution in [1.82, 2.24) is 0 Å². The van der Waals surface area contributed by atoms with Crippen LogP contribution in [-0.2, 0) is 14.8 Å². The number of furan rings is 1. The number of sulfonamides is 1. The third kappa shape index (κ3) is 3.95. The van der Waals surface area contributed by atoms with Gasteiger partial charge in [-0.15, -0.1) is 0 Å². The summed E-state index contributed by atoms with van der Waals surface area (Å²) in [6.07, 6.45) is 0. The monoisotopic (exact) mass is 393 g/mol. The summed E-state index contributed by atoms with van der Waals surface area (Å²) in [5.41, 5.74) is 0.244. The van der Waals surface area contributed by atoms with Crippen molar-refractivity contribution in [2.45, 2.75) is 13.8 Å². The largest absolute Gasteiger partial charge is 0.502 e. The summed E-state index contributed by atoms with van der Waals surface area (Å²) < 4.78 is 35.8. The number of carbonyl (C=O) groups excluding carboxylic acids is 1. The number of hydrogen-bond acceptors (Lipinski definition) is 6. The minimum Gasteiger partial charge on any atom is -0.502 e. The van der Waals surface area contributed by atoms with E-state index in [4.69, 9.17) is 32.4 Å². The maximum atomic E-state index is 11.7. The van der Waals surface area contributed by atoms with Gasteiger partial charge in [-0.2, -0.15) is 0 Å². The SMILES string of the molecule is CCS(=O)(=O)Nc1oc(-c2ccc(Cl)cc2Cl)c(O)c1OC(C)=O. The van der Waals surface area contributed by atoms with Gasteiger partial charge in [0.1, 0.15) is 0 Å². The van der Waals surface area contributed by atoms with Crippen molar-refractivity contribution in [1.29, 1.82) is 0 Å². The van der Waals surface area contributed by atoms with Crippen molar-refractivity contribution in [3.63, 3.8) is 0 Å². The number of aromatic hydroxyl groups is 1. The Bertz CT molecular complexity index is 891. The molecule has 2 N–H and O–H groups in total. The van der Waals surface area contributed by atoms with Crippen molar-refractivity contribution in [2.24, 2.45) is 0 Å². The second-order valence-electron chi connectivity index (χ2n) is 4.66. The number of anilines is 1. The van der Waals surface area contributed by atoms with E-state index < -0.39 is 33.4 Å². The Labute approximate surface area is 148 Å². The van der Waals surface area contributed by atoms with Crippen molar-refractivity contribution in [2.75, 3.05) is 10.5 Å². The van der Waals surface area contributed by atoms with Gasteiger partial charge in [0.2, 0.25) is 21.5 Å². The van der Waals surface area contributed by atoms with E-state index in [1.54, 1.807) is 0 Å². The normalized spacial score (nSPS) is 11.3. The van der Waals surface area contributed by atoms with Crippen LogP contribution >= 0.6 is 23.2 Å². The van der Waals surface area contributed by atoms with Gasteiger partial charge < -0.3 is 14.3 Å². The highest BCUT2D eigenvalue weighted by Gasteiger charge is 2.27. The molecule has 0 radical (unpaired) electrons. The number of ether oxygens (including phenoxy) is 1. The Balaban J connectivity index is 2.61. The van der Waals surface area contributed by atoms with Gasteiger partial charge >= 0.3 is 5.97 Å². The lowest BCUT2D eigenvalue weighted by molar-refractivity contribution is -0.131. The number of carbonyl (C=O) groups is 1. The molecule has 0 amide bonds. The first-order valence-corrected chi connectivity index (χ1v) is 9.05. The molecule has 1 heterocycles. The summed E-state index contributed by atoms with van der Waals surface area (Å²) in [5.74, 6) is -2.61. The molecule has 130 valence electrons. The molecule has 0 aliphatic carbocycles. The smallest absolute Gasteiger partial charge is 0.308 e.